The molecule has 1 aromatic carbocycles. The Morgan fingerprint density at radius 2 is 1.79 bits per heavy atom. The van der Waals surface area contributed by atoms with Gasteiger partial charge in [0.2, 0.25) is 10.0 Å². The van der Waals surface area contributed by atoms with Gasteiger partial charge in [0.05, 0.1) is 15.5 Å². The van der Waals surface area contributed by atoms with Crippen LogP contribution in [0, 0.1) is 0 Å². The van der Waals surface area contributed by atoms with Crippen molar-refractivity contribution in [1.82, 2.24) is 9.62 Å². The normalized spacial score (nSPS) is 13.0. The van der Waals surface area contributed by atoms with Gasteiger partial charge in [-0.2, -0.15) is 0 Å². The van der Waals surface area contributed by atoms with Gasteiger partial charge < -0.3 is 10.1 Å². The Kier molecular flexibility index (Phi) is 6.76. The molecule has 0 aromatic heterocycles. The Balaban J connectivity index is 3.05. The third kappa shape index (κ3) is 4.93. The third-order valence-electron chi connectivity index (χ3n) is 3.02. The van der Waals surface area contributed by atoms with Crippen LogP contribution in [0.3, 0.4) is 0 Å². The second kappa shape index (κ2) is 7.96. The molecular formula is C15H21ClN2O5S. The molecule has 1 atom stereocenters. The lowest BCUT2D eigenvalue weighted by Crippen LogP contribution is -2.39. The summed E-state index contributed by atoms with van der Waals surface area (Å²) in [5.74, 6) is -1.33. The van der Waals surface area contributed by atoms with Gasteiger partial charge in [-0.1, -0.05) is 11.6 Å². The summed E-state index contributed by atoms with van der Waals surface area (Å²) in [5.41, 5.74) is -0.121. The minimum Gasteiger partial charge on any atom is -0.449 e. The van der Waals surface area contributed by atoms with Crippen molar-refractivity contribution < 1.29 is 22.7 Å². The average molecular weight is 377 g/mol. The fourth-order valence-electron chi connectivity index (χ4n) is 1.71. The molecule has 7 nitrogen and oxygen atoms in total. The largest absolute Gasteiger partial charge is 0.449 e. The predicted molar refractivity (Wildman–Crippen MR) is 90.5 cm³/mol. The number of rotatable bonds is 6. The maximum Gasteiger partial charge on any atom is 0.340 e. The molecule has 0 aliphatic carbocycles. The minimum atomic E-state index is -3.72. The number of amides is 1. The summed E-state index contributed by atoms with van der Waals surface area (Å²) in [6.07, 6.45) is -1.04. The van der Waals surface area contributed by atoms with Gasteiger partial charge in [0.25, 0.3) is 5.91 Å². The molecule has 134 valence electrons. The molecule has 0 saturated heterocycles. The lowest BCUT2D eigenvalue weighted by atomic mass is 10.2. The molecule has 24 heavy (non-hydrogen) atoms. The van der Waals surface area contributed by atoms with Crippen LogP contribution in [0.4, 0.5) is 0 Å². The molecule has 1 N–H and O–H groups in total. The van der Waals surface area contributed by atoms with Gasteiger partial charge in [-0.05, 0) is 39.0 Å². The van der Waals surface area contributed by atoms with E-state index in [2.05, 4.69) is 5.32 Å². The Labute approximate surface area is 147 Å². The van der Waals surface area contributed by atoms with Crippen molar-refractivity contribution in [2.45, 2.75) is 37.8 Å². The lowest BCUT2D eigenvalue weighted by Gasteiger charge is -2.16. The number of ether oxygens (including phenoxy) is 1. The van der Waals surface area contributed by atoms with Gasteiger partial charge in [-0.25, -0.2) is 17.5 Å². The van der Waals surface area contributed by atoms with E-state index in [0.717, 1.165) is 10.4 Å². The molecule has 0 fully saturated rings. The molecule has 1 rings (SSSR count). The number of esters is 1. The highest BCUT2D eigenvalue weighted by Crippen LogP contribution is 2.23. The SMILES string of the molecule is CC(C)NC(=O)[C@@H](C)OC(=O)c1cc(S(=O)(=O)N(C)C)ccc1Cl. The lowest BCUT2D eigenvalue weighted by molar-refractivity contribution is -0.129. The highest BCUT2D eigenvalue weighted by atomic mass is 35.5. The van der Waals surface area contributed by atoms with Crippen molar-refractivity contribution in [3.05, 3.63) is 28.8 Å². The third-order valence-corrected chi connectivity index (χ3v) is 5.16. The van der Waals surface area contributed by atoms with Crippen molar-refractivity contribution in [2.75, 3.05) is 14.1 Å². The fourth-order valence-corrected chi connectivity index (χ4v) is 2.83. The molecule has 0 aliphatic rings. The number of halogens is 1. The van der Waals surface area contributed by atoms with E-state index in [1.54, 1.807) is 13.8 Å². The van der Waals surface area contributed by atoms with Crippen molar-refractivity contribution >= 4 is 33.5 Å². The molecule has 0 aliphatic heterocycles. The molecular weight excluding hydrogens is 356 g/mol. The summed E-state index contributed by atoms with van der Waals surface area (Å²) in [7, 11) is -0.972. The second-order valence-electron chi connectivity index (χ2n) is 5.64. The van der Waals surface area contributed by atoms with Crippen LogP contribution in [-0.2, 0) is 19.6 Å². The first-order chi connectivity index (χ1) is 11.0. The highest BCUT2D eigenvalue weighted by molar-refractivity contribution is 7.89. The van der Waals surface area contributed by atoms with Gasteiger partial charge >= 0.3 is 5.97 Å². The van der Waals surface area contributed by atoms with Crippen molar-refractivity contribution in [3.8, 4) is 0 Å². The zero-order valence-electron chi connectivity index (χ0n) is 14.2. The van der Waals surface area contributed by atoms with Gasteiger partial charge in [0.15, 0.2) is 6.10 Å². The van der Waals surface area contributed by atoms with E-state index < -0.39 is 28.0 Å². The number of hydrogen-bond acceptors (Lipinski definition) is 5. The molecule has 0 unspecified atom stereocenters. The van der Waals surface area contributed by atoms with E-state index in [4.69, 9.17) is 16.3 Å². The monoisotopic (exact) mass is 376 g/mol. The maximum absolute atomic E-state index is 12.2. The second-order valence-corrected chi connectivity index (χ2v) is 8.20. The Morgan fingerprint density at radius 3 is 2.29 bits per heavy atom. The number of nitrogens with zero attached hydrogens (tertiary/aromatic N) is 1. The maximum atomic E-state index is 12.2. The Hall–Kier alpha value is -1.64. The summed E-state index contributed by atoms with van der Waals surface area (Å²) in [4.78, 5) is 23.9. The van der Waals surface area contributed by atoms with Gasteiger partial charge in [0.1, 0.15) is 0 Å². The van der Waals surface area contributed by atoms with Crippen LogP contribution in [0.15, 0.2) is 23.1 Å². The molecule has 0 bridgehead atoms. The van der Waals surface area contributed by atoms with Crippen molar-refractivity contribution in [1.29, 1.82) is 0 Å². The quantitative estimate of drug-likeness (QED) is 0.762. The molecule has 0 heterocycles. The Bertz CT molecular complexity index is 731. The van der Waals surface area contributed by atoms with E-state index in [9.17, 15) is 18.0 Å². The van der Waals surface area contributed by atoms with E-state index in [1.165, 1.54) is 33.2 Å². The fraction of sp³-hybridized carbons (Fsp3) is 0.467. The summed E-state index contributed by atoms with van der Waals surface area (Å²) < 4.78 is 30.4. The molecule has 1 aromatic rings. The predicted octanol–water partition coefficient (Wildman–Crippen LogP) is 1.66. The first kappa shape index (κ1) is 20.4. The number of sulfonamides is 1. The summed E-state index contributed by atoms with van der Waals surface area (Å²) in [6, 6.07) is 3.62. The van der Waals surface area contributed by atoms with Gasteiger partial charge in [0, 0.05) is 20.1 Å². The molecule has 1 amide bonds. The zero-order chi connectivity index (χ0) is 18.7. The number of carbonyl (C=O) groups is 2. The van der Waals surface area contributed by atoms with E-state index >= 15 is 0 Å². The van der Waals surface area contributed by atoms with Crippen LogP contribution in [0.5, 0.6) is 0 Å². The van der Waals surface area contributed by atoms with Crippen LogP contribution < -0.4 is 5.32 Å². The van der Waals surface area contributed by atoms with Crippen molar-refractivity contribution in [2.24, 2.45) is 0 Å². The van der Waals surface area contributed by atoms with Crippen LogP contribution in [0.2, 0.25) is 5.02 Å². The molecule has 0 radical (unpaired) electrons. The molecule has 9 heteroatoms. The number of nitrogens with one attached hydrogen (secondary N) is 1. The summed E-state index contributed by atoms with van der Waals surface area (Å²) >= 11 is 5.96. The first-order valence-electron chi connectivity index (χ1n) is 7.20. The number of carbonyl (C=O) groups excluding carboxylic acids is 2. The van der Waals surface area contributed by atoms with Crippen LogP contribution >= 0.6 is 11.6 Å². The standard InChI is InChI=1S/C15H21ClN2O5S/c1-9(2)17-14(19)10(3)23-15(20)12-8-11(6-7-13(12)16)24(21,22)18(4)5/h6-10H,1-5H3,(H,17,19)/t10-/m1/s1. The van der Waals surface area contributed by atoms with Gasteiger partial charge in [-0.15, -0.1) is 0 Å². The first-order valence-corrected chi connectivity index (χ1v) is 9.02. The molecule has 0 spiro atoms. The number of benzene rings is 1. The smallest absolute Gasteiger partial charge is 0.340 e. The Morgan fingerprint density at radius 1 is 1.21 bits per heavy atom. The summed E-state index contributed by atoms with van der Waals surface area (Å²) in [5, 5.41) is 2.65. The van der Waals surface area contributed by atoms with Gasteiger partial charge in [-0.3, -0.25) is 4.79 Å². The van der Waals surface area contributed by atoms with E-state index in [-0.39, 0.29) is 21.5 Å². The topological polar surface area (TPSA) is 92.8 Å². The van der Waals surface area contributed by atoms with Crippen LogP contribution in [0.25, 0.3) is 0 Å². The van der Waals surface area contributed by atoms with E-state index in [0.29, 0.717) is 0 Å². The summed E-state index contributed by atoms with van der Waals surface area (Å²) in [6.45, 7) is 4.97. The zero-order valence-corrected chi connectivity index (χ0v) is 15.7. The van der Waals surface area contributed by atoms with Crippen LogP contribution in [-0.4, -0.2) is 50.8 Å². The number of hydrogen-bond donors (Lipinski definition) is 1. The van der Waals surface area contributed by atoms with Crippen molar-refractivity contribution in [3.63, 3.8) is 0 Å². The van der Waals surface area contributed by atoms with Crippen LogP contribution in [0.1, 0.15) is 31.1 Å². The molecule has 0 saturated carbocycles. The minimum absolute atomic E-state index is 0.0363. The highest BCUT2D eigenvalue weighted by Gasteiger charge is 2.24. The average Bonchev–Trinajstić information content (AvgIpc) is 2.46. The van der Waals surface area contributed by atoms with E-state index in [1.807, 2.05) is 0 Å².